The SMILES string of the molecule is Cc1cc2c(cc1C)N(CCNCc1cc(Cl)ccc1Cl)C1=NC(=O)NCC1=N2. The van der Waals surface area contributed by atoms with Crippen LogP contribution < -0.4 is 15.5 Å². The van der Waals surface area contributed by atoms with Gasteiger partial charge in [0.25, 0.3) is 0 Å². The van der Waals surface area contributed by atoms with Crippen LogP contribution in [0.5, 0.6) is 0 Å². The highest BCUT2D eigenvalue weighted by Crippen LogP contribution is 2.35. The van der Waals surface area contributed by atoms with Crippen molar-refractivity contribution in [2.24, 2.45) is 9.98 Å². The highest BCUT2D eigenvalue weighted by Gasteiger charge is 2.30. The molecule has 2 heterocycles. The summed E-state index contributed by atoms with van der Waals surface area (Å²) in [5.41, 5.74) is 5.94. The molecule has 150 valence electrons. The lowest BCUT2D eigenvalue weighted by atomic mass is 10.0. The first kappa shape index (κ1) is 19.9. The summed E-state index contributed by atoms with van der Waals surface area (Å²) in [7, 11) is 0. The summed E-state index contributed by atoms with van der Waals surface area (Å²) in [6.45, 7) is 6.43. The molecule has 0 spiro atoms. The molecule has 2 aromatic rings. The maximum Gasteiger partial charge on any atom is 0.343 e. The van der Waals surface area contributed by atoms with Crippen LogP contribution in [0.1, 0.15) is 16.7 Å². The van der Waals surface area contributed by atoms with E-state index in [-0.39, 0.29) is 6.03 Å². The largest absolute Gasteiger partial charge is 0.343 e. The summed E-state index contributed by atoms with van der Waals surface area (Å²) in [5.74, 6) is 0.618. The third-order valence-electron chi connectivity index (χ3n) is 5.10. The fourth-order valence-electron chi connectivity index (χ4n) is 3.41. The Morgan fingerprint density at radius 3 is 2.76 bits per heavy atom. The molecule has 8 heteroatoms. The van der Waals surface area contributed by atoms with Gasteiger partial charge in [-0.05, 0) is 60.9 Å². The van der Waals surface area contributed by atoms with Gasteiger partial charge in [0, 0.05) is 29.7 Å². The second-order valence-electron chi connectivity index (χ2n) is 7.14. The van der Waals surface area contributed by atoms with Crippen LogP contribution in [0.2, 0.25) is 10.0 Å². The number of nitrogens with one attached hydrogen (secondary N) is 2. The molecule has 0 saturated carbocycles. The second-order valence-corrected chi connectivity index (χ2v) is 7.99. The van der Waals surface area contributed by atoms with E-state index in [9.17, 15) is 4.79 Å². The van der Waals surface area contributed by atoms with E-state index in [4.69, 9.17) is 28.2 Å². The number of hydrogen-bond acceptors (Lipinski definition) is 4. The van der Waals surface area contributed by atoms with Crippen molar-refractivity contribution in [2.45, 2.75) is 20.4 Å². The van der Waals surface area contributed by atoms with Crippen LogP contribution in [-0.2, 0) is 6.54 Å². The molecular formula is C21H21Cl2N5O. The predicted octanol–water partition coefficient (Wildman–Crippen LogP) is 4.41. The summed E-state index contributed by atoms with van der Waals surface area (Å²) in [6, 6.07) is 9.28. The molecule has 29 heavy (non-hydrogen) atoms. The van der Waals surface area contributed by atoms with E-state index in [1.165, 1.54) is 11.1 Å². The van der Waals surface area contributed by atoms with Gasteiger partial charge >= 0.3 is 6.03 Å². The van der Waals surface area contributed by atoms with Crippen molar-refractivity contribution in [3.63, 3.8) is 0 Å². The number of urea groups is 1. The van der Waals surface area contributed by atoms with Gasteiger partial charge < -0.3 is 15.5 Å². The molecule has 6 nitrogen and oxygen atoms in total. The number of aryl methyl sites for hydroxylation is 2. The van der Waals surface area contributed by atoms with Crippen LogP contribution in [-0.4, -0.2) is 37.2 Å². The highest BCUT2D eigenvalue weighted by atomic mass is 35.5. The minimum Gasteiger partial charge on any atom is -0.330 e. The number of benzene rings is 2. The molecule has 0 aromatic heterocycles. The number of carbonyl (C=O) groups excluding carboxylic acids is 1. The number of aliphatic imine (C=N–C) groups is 2. The standard InChI is InChI=1S/C21H21Cl2N5O/c1-12-7-17-19(8-13(12)2)28(20-18(26-17)11-25-21(29)27-20)6-5-24-10-14-9-15(22)3-4-16(14)23/h3-4,7-9,24H,5-6,10-11H2,1-2H3,(H,25,29). The Morgan fingerprint density at radius 1 is 1.14 bits per heavy atom. The zero-order chi connectivity index (χ0) is 20.5. The molecule has 2 amide bonds. The first-order chi connectivity index (χ1) is 13.9. The Kier molecular flexibility index (Phi) is 5.58. The zero-order valence-electron chi connectivity index (χ0n) is 16.2. The molecule has 2 aromatic carbocycles. The normalized spacial score (nSPS) is 15.3. The number of halogens is 2. The van der Waals surface area contributed by atoms with Crippen molar-refractivity contribution >= 4 is 52.2 Å². The summed E-state index contributed by atoms with van der Waals surface area (Å²) in [4.78, 5) is 22.8. The molecule has 0 saturated heterocycles. The number of anilines is 1. The van der Waals surface area contributed by atoms with Gasteiger partial charge in [0.15, 0.2) is 5.84 Å². The lowest BCUT2D eigenvalue weighted by molar-refractivity contribution is 0.250. The van der Waals surface area contributed by atoms with Gasteiger partial charge in [0.05, 0.1) is 17.9 Å². The molecule has 0 unspecified atom stereocenters. The van der Waals surface area contributed by atoms with Crippen molar-refractivity contribution in [3.8, 4) is 0 Å². The van der Waals surface area contributed by atoms with Gasteiger partial charge in [-0.3, -0.25) is 0 Å². The fourth-order valence-corrected chi connectivity index (χ4v) is 3.79. The lowest BCUT2D eigenvalue weighted by Crippen LogP contribution is -2.50. The number of carbonyl (C=O) groups is 1. The Labute approximate surface area is 179 Å². The fraction of sp³-hybridized carbons (Fsp3) is 0.286. The third kappa shape index (κ3) is 4.15. The first-order valence-electron chi connectivity index (χ1n) is 9.40. The van der Waals surface area contributed by atoms with Crippen molar-refractivity contribution < 1.29 is 4.79 Å². The number of nitrogens with zero attached hydrogens (tertiary/aromatic N) is 3. The molecule has 0 radical (unpaired) electrons. The maximum atomic E-state index is 11.9. The Morgan fingerprint density at radius 2 is 1.93 bits per heavy atom. The van der Waals surface area contributed by atoms with E-state index in [0.29, 0.717) is 42.1 Å². The highest BCUT2D eigenvalue weighted by molar-refractivity contribution is 6.51. The van der Waals surface area contributed by atoms with Crippen LogP contribution in [0.15, 0.2) is 40.3 Å². The number of amides is 2. The van der Waals surface area contributed by atoms with Gasteiger partial charge in [-0.2, -0.15) is 4.99 Å². The first-order valence-corrected chi connectivity index (χ1v) is 10.2. The minimum atomic E-state index is -0.338. The molecule has 4 rings (SSSR count). The van der Waals surface area contributed by atoms with Crippen molar-refractivity contribution in [3.05, 3.63) is 57.1 Å². The van der Waals surface area contributed by atoms with Crippen LogP contribution in [0.3, 0.4) is 0 Å². The smallest absolute Gasteiger partial charge is 0.330 e. The van der Waals surface area contributed by atoms with E-state index < -0.39 is 0 Å². The predicted molar refractivity (Wildman–Crippen MR) is 119 cm³/mol. The number of rotatable bonds is 5. The second kappa shape index (κ2) is 8.14. The molecule has 0 aliphatic carbocycles. The third-order valence-corrected chi connectivity index (χ3v) is 5.70. The number of hydrogen-bond donors (Lipinski definition) is 2. The van der Waals surface area contributed by atoms with Crippen molar-refractivity contribution in [1.82, 2.24) is 10.6 Å². The summed E-state index contributed by atoms with van der Waals surface area (Å²) >= 11 is 12.3. The molecule has 2 aliphatic rings. The summed E-state index contributed by atoms with van der Waals surface area (Å²) in [5, 5.41) is 7.47. The van der Waals surface area contributed by atoms with Crippen LogP contribution >= 0.6 is 23.2 Å². The minimum absolute atomic E-state index is 0.338. The Bertz CT molecular complexity index is 1050. The zero-order valence-corrected chi connectivity index (χ0v) is 17.7. The molecule has 0 fully saturated rings. The topological polar surface area (TPSA) is 69.1 Å². The molecule has 2 N–H and O–H groups in total. The molecule has 0 bridgehead atoms. The van der Waals surface area contributed by atoms with E-state index in [1.54, 1.807) is 12.1 Å². The van der Waals surface area contributed by atoms with E-state index in [2.05, 4.69) is 46.5 Å². The number of fused-ring (bicyclic) bond motifs is 2. The lowest BCUT2D eigenvalue weighted by Gasteiger charge is -2.33. The molecule has 2 aliphatic heterocycles. The van der Waals surface area contributed by atoms with Gasteiger partial charge in [0.1, 0.15) is 5.71 Å². The summed E-state index contributed by atoms with van der Waals surface area (Å²) < 4.78 is 0. The van der Waals surface area contributed by atoms with Gasteiger partial charge in [-0.15, -0.1) is 0 Å². The Hall–Kier alpha value is -2.41. The van der Waals surface area contributed by atoms with Gasteiger partial charge in [-0.1, -0.05) is 23.2 Å². The monoisotopic (exact) mass is 429 g/mol. The average molecular weight is 430 g/mol. The average Bonchev–Trinajstić information content (AvgIpc) is 2.68. The summed E-state index contributed by atoms with van der Waals surface area (Å²) in [6.07, 6.45) is 0. The number of amidine groups is 1. The quantitative estimate of drug-likeness (QED) is 0.691. The van der Waals surface area contributed by atoms with Crippen molar-refractivity contribution in [2.75, 3.05) is 24.5 Å². The van der Waals surface area contributed by atoms with Crippen molar-refractivity contribution in [1.29, 1.82) is 0 Å². The van der Waals surface area contributed by atoms with Crippen LogP contribution in [0, 0.1) is 13.8 Å². The van der Waals surface area contributed by atoms with Crippen LogP contribution in [0.4, 0.5) is 16.2 Å². The van der Waals surface area contributed by atoms with Gasteiger partial charge in [-0.25, -0.2) is 9.79 Å². The Balaban J connectivity index is 1.55. The van der Waals surface area contributed by atoms with Gasteiger partial charge in [0.2, 0.25) is 0 Å². The van der Waals surface area contributed by atoms with E-state index in [1.807, 2.05) is 6.07 Å². The molecular weight excluding hydrogens is 409 g/mol. The van der Waals surface area contributed by atoms with E-state index in [0.717, 1.165) is 22.6 Å². The molecule has 0 atom stereocenters. The van der Waals surface area contributed by atoms with E-state index >= 15 is 0 Å². The van der Waals surface area contributed by atoms with Crippen LogP contribution in [0.25, 0.3) is 0 Å². The maximum absolute atomic E-state index is 11.9.